The Morgan fingerprint density at radius 2 is 1.76 bits per heavy atom. The highest BCUT2D eigenvalue weighted by atomic mass is 16.5. The van der Waals surface area contributed by atoms with E-state index in [2.05, 4.69) is 38.2 Å². The Kier molecular flexibility index (Phi) is 3.79. The molecule has 3 aliphatic carbocycles. The van der Waals surface area contributed by atoms with Crippen molar-refractivity contribution in [1.29, 1.82) is 0 Å². The lowest BCUT2D eigenvalue weighted by Crippen LogP contribution is -2.50. The van der Waals surface area contributed by atoms with Gasteiger partial charge in [-0.1, -0.05) is 39.3 Å². The number of rotatable bonds is 4. The summed E-state index contributed by atoms with van der Waals surface area (Å²) in [6, 6.07) is 0.368. The van der Waals surface area contributed by atoms with Gasteiger partial charge in [-0.15, -0.1) is 0 Å². The van der Waals surface area contributed by atoms with Crippen molar-refractivity contribution in [3.63, 3.8) is 0 Å². The highest BCUT2D eigenvalue weighted by molar-refractivity contribution is 5.88. The lowest BCUT2D eigenvalue weighted by molar-refractivity contribution is -0.131. The van der Waals surface area contributed by atoms with Crippen molar-refractivity contribution in [3.05, 3.63) is 11.7 Å². The highest BCUT2D eigenvalue weighted by Gasteiger charge is 2.52. The molecule has 0 unspecified atom stereocenters. The Balaban J connectivity index is 1.56. The summed E-state index contributed by atoms with van der Waals surface area (Å²) in [4.78, 5) is 17.5. The summed E-state index contributed by atoms with van der Waals surface area (Å²) in [5, 5.41) is 7.47. The minimum Gasteiger partial charge on any atom is -0.352 e. The first-order chi connectivity index (χ1) is 11.7. The molecule has 0 saturated heterocycles. The van der Waals surface area contributed by atoms with Crippen molar-refractivity contribution in [3.8, 4) is 0 Å². The molecular formula is C20H31N3O2. The van der Waals surface area contributed by atoms with Gasteiger partial charge in [0.1, 0.15) is 5.41 Å². The smallest absolute Gasteiger partial charge is 0.242 e. The second-order valence-corrected chi connectivity index (χ2v) is 10.3. The summed E-state index contributed by atoms with van der Waals surface area (Å²) < 4.78 is 5.66. The molecule has 3 aliphatic rings. The van der Waals surface area contributed by atoms with E-state index in [1.165, 1.54) is 6.42 Å². The zero-order valence-corrected chi connectivity index (χ0v) is 16.0. The maximum atomic E-state index is 12.8. The summed E-state index contributed by atoms with van der Waals surface area (Å²) in [5.41, 5.74) is 0.00295. The van der Waals surface area contributed by atoms with E-state index in [1.54, 1.807) is 0 Å². The Labute approximate surface area is 150 Å². The fourth-order valence-corrected chi connectivity index (χ4v) is 5.24. The van der Waals surface area contributed by atoms with Crippen molar-refractivity contribution in [2.45, 2.75) is 96.4 Å². The minimum absolute atomic E-state index is 0.0979. The number of hydrogen-bond donors (Lipinski definition) is 1. The lowest BCUT2D eigenvalue weighted by atomic mass is 9.61. The second-order valence-electron chi connectivity index (χ2n) is 10.3. The van der Waals surface area contributed by atoms with Crippen LogP contribution in [0.15, 0.2) is 4.52 Å². The average molecular weight is 345 g/mol. The van der Waals surface area contributed by atoms with Crippen LogP contribution in [0.5, 0.6) is 0 Å². The number of aromatic nitrogens is 2. The van der Waals surface area contributed by atoms with Crippen LogP contribution in [0.2, 0.25) is 0 Å². The third kappa shape index (κ3) is 3.22. The molecule has 1 heterocycles. The van der Waals surface area contributed by atoms with E-state index in [9.17, 15) is 4.79 Å². The van der Waals surface area contributed by atoms with Gasteiger partial charge in [-0.3, -0.25) is 4.79 Å². The molecule has 0 bridgehead atoms. The topological polar surface area (TPSA) is 68.0 Å². The van der Waals surface area contributed by atoms with Gasteiger partial charge in [-0.05, 0) is 55.8 Å². The van der Waals surface area contributed by atoms with E-state index in [0.29, 0.717) is 17.9 Å². The van der Waals surface area contributed by atoms with Crippen LogP contribution in [-0.4, -0.2) is 22.1 Å². The number of hydrogen-bond acceptors (Lipinski definition) is 4. The van der Waals surface area contributed by atoms with Gasteiger partial charge < -0.3 is 9.84 Å². The molecule has 1 amide bonds. The van der Waals surface area contributed by atoms with Crippen molar-refractivity contribution < 1.29 is 9.32 Å². The van der Waals surface area contributed by atoms with Crippen LogP contribution in [0.3, 0.4) is 0 Å². The third-order valence-corrected chi connectivity index (χ3v) is 6.33. The summed E-state index contributed by atoms with van der Waals surface area (Å²) >= 11 is 0. The van der Waals surface area contributed by atoms with Gasteiger partial charge >= 0.3 is 0 Å². The summed E-state index contributed by atoms with van der Waals surface area (Å²) in [5.74, 6) is 1.77. The molecular weight excluding hydrogens is 314 g/mol. The molecule has 0 radical (unpaired) electrons. The fraction of sp³-hybridized carbons (Fsp3) is 0.850. The molecule has 0 atom stereocenters. The molecule has 1 aromatic rings. The molecule has 138 valence electrons. The zero-order chi connectivity index (χ0) is 17.9. The minimum atomic E-state index is -0.562. The number of nitrogens with zero attached hydrogens (tertiary/aromatic N) is 2. The van der Waals surface area contributed by atoms with E-state index in [1.807, 2.05) is 0 Å². The van der Waals surface area contributed by atoms with Crippen molar-refractivity contribution in [2.24, 2.45) is 10.8 Å². The van der Waals surface area contributed by atoms with E-state index in [4.69, 9.17) is 9.51 Å². The Morgan fingerprint density at radius 3 is 2.28 bits per heavy atom. The van der Waals surface area contributed by atoms with Crippen LogP contribution in [0.1, 0.15) is 96.7 Å². The van der Waals surface area contributed by atoms with Gasteiger partial charge in [0.2, 0.25) is 11.8 Å². The molecule has 4 rings (SSSR count). The highest BCUT2D eigenvalue weighted by Crippen LogP contribution is 2.52. The van der Waals surface area contributed by atoms with Gasteiger partial charge in [0.15, 0.2) is 5.82 Å². The standard InChI is InChI=1S/C20H31N3O2/c1-18(2)10-13(11-19(3,4)12-18)15-22-17(25-23-15)20(8-5-9-20)16(24)21-14-6-7-14/h13-14H,5-12H2,1-4H3,(H,21,24). The lowest BCUT2D eigenvalue weighted by Gasteiger charge is -2.44. The third-order valence-electron chi connectivity index (χ3n) is 6.33. The first kappa shape index (κ1) is 17.0. The Bertz CT molecular complexity index is 652. The first-order valence-corrected chi connectivity index (χ1v) is 9.84. The van der Waals surface area contributed by atoms with Crippen molar-refractivity contribution in [2.75, 3.05) is 0 Å². The van der Waals surface area contributed by atoms with E-state index in [0.717, 1.165) is 50.8 Å². The molecule has 5 nitrogen and oxygen atoms in total. The molecule has 0 aliphatic heterocycles. The number of carbonyl (C=O) groups excluding carboxylic acids is 1. The maximum absolute atomic E-state index is 12.8. The largest absolute Gasteiger partial charge is 0.352 e. The number of carbonyl (C=O) groups is 1. The predicted molar refractivity (Wildman–Crippen MR) is 95.1 cm³/mol. The van der Waals surface area contributed by atoms with Gasteiger partial charge in [0.05, 0.1) is 0 Å². The van der Waals surface area contributed by atoms with E-state index in [-0.39, 0.29) is 16.7 Å². The van der Waals surface area contributed by atoms with Gasteiger partial charge in [0, 0.05) is 12.0 Å². The van der Waals surface area contributed by atoms with Crippen LogP contribution in [-0.2, 0) is 10.2 Å². The molecule has 5 heteroatoms. The fourth-order valence-electron chi connectivity index (χ4n) is 5.24. The Morgan fingerprint density at radius 1 is 1.12 bits per heavy atom. The summed E-state index contributed by atoms with van der Waals surface area (Å²) in [7, 11) is 0. The van der Waals surface area contributed by atoms with Gasteiger partial charge in [-0.2, -0.15) is 4.98 Å². The normalized spacial score (nSPS) is 27.5. The molecule has 3 saturated carbocycles. The van der Waals surface area contributed by atoms with Crippen molar-refractivity contribution in [1.82, 2.24) is 15.5 Å². The van der Waals surface area contributed by atoms with E-state index < -0.39 is 5.41 Å². The number of amides is 1. The molecule has 3 fully saturated rings. The first-order valence-electron chi connectivity index (χ1n) is 9.84. The zero-order valence-electron chi connectivity index (χ0n) is 16.0. The Hall–Kier alpha value is -1.39. The summed E-state index contributed by atoms with van der Waals surface area (Å²) in [6.45, 7) is 9.33. The molecule has 1 aromatic heterocycles. The van der Waals surface area contributed by atoms with Crippen LogP contribution in [0.4, 0.5) is 0 Å². The van der Waals surface area contributed by atoms with Crippen LogP contribution < -0.4 is 5.32 Å². The van der Waals surface area contributed by atoms with Crippen LogP contribution in [0.25, 0.3) is 0 Å². The predicted octanol–water partition coefficient (Wildman–Crippen LogP) is 4.09. The average Bonchev–Trinajstić information content (AvgIpc) is 3.09. The molecule has 0 spiro atoms. The SMILES string of the molecule is CC1(C)CC(c2noc(C3(C(=O)NC4CC4)CCC3)n2)CC(C)(C)C1. The molecule has 0 aromatic carbocycles. The van der Waals surface area contributed by atoms with Gasteiger partial charge in [0.25, 0.3) is 0 Å². The second kappa shape index (κ2) is 5.55. The van der Waals surface area contributed by atoms with Crippen LogP contribution >= 0.6 is 0 Å². The van der Waals surface area contributed by atoms with E-state index >= 15 is 0 Å². The maximum Gasteiger partial charge on any atom is 0.242 e. The monoisotopic (exact) mass is 345 g/mol. The van der Waals surface area contributed by atoms with Gasteiger partial charge in [-0.25, -0.2) is 0 Å². The molecule has 1 N–H and O–H groups in total. The molecule has 25 heavy (non-hydrogen) atoms. The van der Waals surface area contributed by atoms with Crippen molar-refractivity contribution >= 4 is 5.91 Å². The van der Waals surface area contributed by atoms with Crippen LogP contribution in [0, 0.1) is 10.8 Å². The summed E-state index contributed by atoms with van der Waals surface area (Å²) in [6.07, 6.45) is 8.29. The quantitative estimate of drug-likeness (QED) is 0.892. The number of nitrogens with one attached hydrogen (secondary N) is 1.